The van der Waals surface area contributed by atoms with Crippen molar-refractivity contribution in [3.63, 3.8) is 0 Å². The predicted octanol–water partition coefficient (Wildman–Crippen LogP) is 4.22. The molecule has 16 heavy (non-hydrogen) atoms. The first-order valence-electron chi connectivity index (χ1n) is 5.46. The van der Waals surface area contributed by atoms with Crippen LogP contribution in [0.3, 0.4) is 0 Å². The summed E-state index contributed by atoms with van der Waals surface area (Å²) in [5, 5.41) is -0.346. The highest BCUT2D eigenvalue weighted by Crippen LogP contribution is 2.35. The topological polar surface area (TPSA) is 25.8 Å². The lowest BCUT2D eigenvalue weighted by Crippen LogP contribution is -2.15. The van der Waals surface area contributed by atoms with Crippen LogP contribution in [-0.2, 0) is 0 Å². The van der Waals surface area contributed by atoms with E-state index in [0.717, 1.165) is 19.3 Å². The van der Waals surface area contributed by atoms with Gasteiger partial charge in [-0.15, -0.1) is 0 Å². The molecular formula is C11H13Cl2FN2. The molecule has 0 aromatic carbocycles. The van der Waals surface area contributed by atoms with E-state index >= 15 is 0 Å². The fraction of sp³-hybridized carbons (Fsp3) is 0.636. The first-order valence-corrected chi connectivity index (χ1v) is 6.22. The van der Waals surface area contributed by atoms with Crippen molar-refractivity contribution in [3.05, 3.63) is 21.9 Å². The van der Waals surface area contributed by atoms with Crippen molar-refractivity contribution in [3.8, 4) is 0 Å². The lowest BCUT2D eigenvalue weighted by molar-refractivity contribution is 0.334. The Kier molecular flexibility index (Phi) is 3.65. The third-order valence-electron chi connectivity index (χ3n) is 3.09. The van der Waals surface area contributed by atoms with Crippen LogP contribution in [0.5, 0.6) is 0 Å². The number of nitrogens with zero attached hydrogens (tertiary/aromatic N) is 2. The number of rotatable bonds is 1. The van der Waals surface area contributed by atoms with Gasteiger partial charge in [-0.05, 0) is 18.8 Å². The summed E-state index contributed by atoms with van der Waals surface area (Å²) in [6, 6.07) is 0. The number of halogens is 3. The van der Waals surface area contributed by atoms with E-state index in [9.17, 15) is 4.39 Å². The summed E-state index contributed by atoms with van der Waals surface area (Å²) in [4.78, 5) is 7.97. The maximum atomic E-state index is 13.2. The maximum absolute atomic E-state index is 13.2. The van der Waals surface area contributed by atoms with Gasteiger partial charge in [-0.1, -0.05) is 43.0 Å². The van der Waals surface area contributed by atoms with Gasteiger partial charge in [0.15, 0.2) is 16.1 Å². The van der Waals surface area contributed by atoms with E-state index in [1.807, 2.05) is 0 Å². The fourth-order valence-corrected chi connectivity index (χ4v) is 2.66. The van der Waals surface area contributed by atoms with Gasteiger partial charge < -0.3 is 0 Å². The molecule has 0 N–H and O–H groups in total. The molecule has 0 radical (unpaired) electrons. The number of aromatic nitrogens is 2. The minimum absolute atomic E-state index is 0.173. The molecule has 2 atom stereocenters. The SMILES string of the molecule is CC1CCCC(c2nc(Cl)c(F)c(Cl)n2)C1. The van der Waals surface area contributed by atoms with Crippen molar-refractivity contribution >= 4 is 23.2 Å². The second kappa shape index (κ2) is 4.84. The van der Waals surface area contributed by atoms with Crippen molar-refractivity contribution in [2.45, 2.75) is 38.5 Å². The molecule has 0 aliphatic heterocycles. The molecule has 5 heteroatoms. The Bertz CT molecular complexity index is 375. The van der Waals surface area contributed by atoms with Crippen molar-refractivity contribution in [1.82, 2.24) is 9.97 Å². The van der Waals surface area contributed by atoms with Crippen LogP contribution in [0.1, 0.15) is 44.3 Å². The molecule has 1 heterocycles. The van der Waals surface area contributed by atoms with Crippen LogP contribution in [0.25, 0.3) is 0 Å². The molecule has 1 fully saturated rings. The van der Waals surface area contributed by atoms with Gasteiger partial charge in [0.2, 0.25) is 0 Å². The van der Waals surface area contributed by atoms with Gasteiger partial charge in [-0.3, -0.25) is 0 Å². The van der Waals surface area contributed by atoms with E-state index in [1.165, 1.54) is 6.42 Å². The normalized spacial score (nSPS) is 25.8. The molecule has 0 saturated heterocycles. The van der Waals surface area contributed by atoms with Crippen LogP contribution in [0.15, 0.2) is 0 Å². The molecule has 2 nitrogen and oxygen atoms in total. The summed E-state index contributed by atoms with van der Waals surface area (Å²) in [5.41, 5.74) is 0. The van der Waals surface area contributed by atoms with Gasteiger partial charge in [-0.2, -0.15) is 0 Å². The van der Waals surface area contributed by atoms with E-state index in [4.69, 9.17) is 23.2 Å². The molecule has 0 bridgehead atoms. The van der Waals surface area contributed by atoms with Gasteiger partial charge >= 0.3 is 0 Å². The third kappa shape index (κ3) is 2.46. The maximum Gasteiger partial charge on any atom is 0.197 e. The molecule has 88 valence electrons. The van der Waals surface area contributed by atoms with Gasteiger partial charge in [0.1, 0.15) is 5.82 Å². The van der Waals surface area contributed by atoms with Crippen LogP contribution in [-0.4, -0.2) is 9.97 Å². The summed E-state index contributed by atoms with van der Waals surface area (Å²) in [6.07, 6.45) is 4.45. The summed E-state index contributed by atoms with van der Waals surface area (Å²) in [5.74, 6) is 0.781. The summed E-state index contributed by atoms with van der Waals surface area (Å²) in [7, 11) is 0. The Labute approximate surface area is 104 Å². The van der Waals surface area contributed by atoms with Gasteiger partial charge in [0, 0.05) is 5.92 Å². The largest absolute Gasteiger partial charge is 0.218 e. The Morgan fingerprint density at radius 1 is 1.19 bits per heavy atom. The van der Waals surface area contributed by atoms with Crippen molar-refractivity contribution in [1.29, 1.82) is 0 Å². The minimum Gasteiger partial charge on any atom is -0.218 e. The molecule has 2 rings (SSSR count). The number of hydrogen-bond donors (Lipinski definition) is 0. The summed E-state index contributed by atoms with van der Waals surface area (Å²) >= 11 is 11.3. The van der Waals surface area contributed by atoms with Crippen LogP contribution in [0.4, 0.5) is 4.39 Å². The van der Waals surface area contributed by atoms with Crippen LogP contribution in [0.2, 0.25) is 10.3 Å². The zero-order valence-corrected chi connectivity index (χ0v) is 10.5. The van der Waals surface area contributed by atoms with Crippen LogP contribution in [0, 0.1) is 11.7 Å². The molecule has 1 aliphatic rings. The average Bonchev–Trinajstić information content (AvgIpc) is 2.25. The molecule has 1 aromatic heterocycles. The zero-order chi connectivity index (χ0) is 11.7. The summed E-state index contributed by atoms with van der Waals surface area (Å²) < 4.78 is 13.2. The smallest absolute Gasteiger partial charge is 0.197 e. The van der Waals surface area contributed by atoms with Gasteiger partial charge in [0.05, 0.1) is 0 Å². The van der Waals surface area contributed by atoms with Gasteiger partial charge in [0.25, 0.3) is 0 Å². The highest BCUT2D eigenvalue weighted by molar-refractivity contribution is 6.33. The Morgan fingerprint density at radius 3 is 2.38 bits per heavy atom. The van der Waals surface area contributed by atoms with Gasteiger partial charge in [-0.25, -0.2) is 14.4 Å². The Balaban J connectivity index is 2.26. The molecule has 2 unspecified atom stereocenters. The second-order valence-corrected chi connectivity index (χ2v) is 5.16. The molecule has 1 aromatic rings. The highest BCUT2D eigenvalue weighted by Gasteiger charge is 2.24. The molecule has 0 amide bonds. The predicted molar refractivity (Wildman–Crippen MR) is 62.4 cm³/mol. The first-order chi connectivity index (χ1) is 7.58. The van der Waals surface area contributed by atoms with Crippen molar-refractivity contribution < 1.29 is 4.39 Å². The molecule has 1 saturated carbocycles. The lowest BCUT2D eigenvalue weighted by atomic mass is 9.82. The Morgan fingerprint density at radius 2 is 1.81 bits per heavy atom. The van der Waals surface area contributed by atoms with Crippen LogP contribution >= 0.6 is 23.2 Å². The monoisotopic (exact) mass is 262 g/mol. The zero-order valence-electron chi connectivity index (χ0n) is 9.01. The van der Waals surface area contributed by atoms with E-state index in [-0.39, 0.29) is 16.2 Å². The van der Waals surface area contributed by atoms with E-state index in [0.29, 0.717) is 11.7 Å². The average molecular weight is 263 g/mol. The highest BCUT2D eigenvalue weighted by atomic mass is 35.5. The van der Waals surface area contributed by atoms with E-state index < -0.39 is 5.82 Å². The first kappa shape index (κ1) is 12.1. The Hall–Kier alpha value is -0.410. The minimum atomic E-state index is -0.726. The molecular weight excluding hydrogens is 250 g/mol. The number of hydrogen-bond acceptors (Lipinski definition) is 2. The lowest BCUT2D eigenvalue weighted by Gasteiger charge is -2.25. The van der Waals surface area contributed by atoms with Crippen molar-refractivity contribution in [2.24, 2.45) is 5.92 Å². The quantitative estimate of drug-likeness (QED) is 0.709. The second-order valence-electron chi connectivity index (χ2n) is 4.45. The third-order valence-corrected chi connectivity index (χ3v) is 3.59. The van der Waals surface area contributed by atoms with Crippen molar-refractivity contribution in [2.75, 3.05) is 0 Å². The van der Waals surface area contributed by atoms with E-state index in [1.54, 1.807) is 0 Å². The fourth-order valence-electron chi connectivity index (χ4n) is 2.26. The molecule has 0 spiro atoms. The van der Waals surface area contributed by atoms with Crippen LogP contribution < -0.4 is 0 Å². The van der Waals surface area contributed by atoms with E-state index in [2.05, 4.69) is 16.9 Å². The summed E-state index contributed by atoms with van der Waals surface area (Å²) in [6.45, 7) is 2.21. The standard InChI is InChI=1S/C11H13Cl2FN2/c1-6-3-2-4-7(5-6)11-15-9(12)8(14)10(13)16-11/h6-7H,2-5H2,1H3. The molecule has 1 aliphatic carbocycles.